The Kier molecular flexibility index (Phi) is 4.71. The van der Waals surface area contributed by atoms with Crippen molar-refractivity contribution in [3.05, 3.63) is 42.2 Å². The highest BCUT2D eigenvalue weighted by Gasteiger charge is 2.31. The van der Waals surface area contributed by atoms with Crippen molar-refractivity contribution in [3.63, 3.8) is 0 Å². The fourth-order valence-corrected chi connectivity index (χ4v) is 4.04. The quantitative estimate of drug-likeness (QED) is 0.840. The molecular weight excluding hydrogens is 371 g/mol. The fourth-order valence-electron chi connectivity index (χ4n) is 4.04. The van der Waals surface area contributed by atoms with Gasteiger partial charge < -0.3 is 10.2 Å². The number of nitrogens with zero attached hydrogens (tertiary/aromatic N) is 5. The van der Waals surface area contributed by atoms with Gasteiger partial charge in [-0.25, -0.2) is 14.4 Å². The van der Waals surface area contributed by atoms with Crippen molar-refractivity contribution in [2.24, 2.45) is 0 Å². The van der Waals surface area contributed by atoms with Crippen molar-refractivity contribution in [2.75, 3.05) is 29.9 Å². The predicted molar refractivity (Wildman–Crippen MR) is 108 cm³/mol. The summed E-state index contributed by atoms with van der Waals surface area (Å²) in [5.74, 6) is 0.0141. The van der Waals surface area contributed by atoms with Crippen molar-refractivity contribution in [1.29, 1.82) is 0 Å². The van der Waals surface area contributed by atoms with Crippen molar-refractivity contribution in [3.8, 4) is 0 Å². The van der Waals surface area contributed by atoms with Crippen LogP contribution in [0.15, 0.2) is 30.7 Å². The molecule has 0 bridgehead atoms. The number of aromatic nitrogens is 3. The largest absolute Gasteiger partial charge is 0.323 e. The van der Waals surface area contributed by atoms with Crippen LogP contribution in [0.1, 0.15) is 37.8 Å². The maximum atomic E-state index is 14.5. The van der Waals surface area contributed by atoms with Crippen molar-refractivity contribution in [1.82, 2.24) is 19.9 Å². The molecule has 29 heavy (non-hydrogen) atoms. The van der Waals surface area contributed by atoms with Gasteiger partial charge in [-0.3, -0.25) is 14.7 Å². The highest BCUT2D eigenvalue weighted by Crippen LogP contribution is 2.32. The summed E-state index contributed by atoms with van der Waals surface area (Å²) in [4.78, 5) is 28.9. The maximum Gasteiger partial charge on any atom is 0.227 e. The lowest BCUT2D eigenvalue weighted by molar-refractivity contribution is -0.117. The molecule has 2 aliphatic heterocycles. The van der Waals surface area contributed by atoms with E-state index in [4.69, 9.17) is 0 Å². The average Bonchev–Trinajstić information content (AvgIpc) is 3.51. The Morgan fingerprint density at radius 3 is 2.86 bits per heavy atom. The van der Waals surface area contributed by atoms with Gasteiger partial charge in [-0.15, -0.1) is 0 Å². The molecule has 0 aromatic carbocycles. The zero-order valence-corrected chi connectivity index (χ0v) is 16.1. The van der Waals surface area contributed by atoms with Gasteiger partial charge in [0, 0.05) is 32.1 Å². The van der Waals surface area contributed by atoms with Crippen LogP contribution in [0.2, 0.25) is 0 Å². The number of hydrogen-bond acceptors (Lipinski definition) is 6. The van der Waals surface area contributed by atoms with E-state index in [2.05, 4.69) is 31.2 Å². The van der Waals surface area contributed by atoms with E-state index in [9.17, 15) is 9.18 Å². The van der Waals surface area contributed by atoms with Crippen molar-refractivity contribution < 1.29 is 9.18 Å². The molecule has 1 saturated carbocycles. The first-order valence-corrected chi connectivity index (χ1v) is 10.2. The van der Waals surface area contributed by atoms with Crippen LogP contribution >= 0.6 is 0 Å². The number of rotatable bonds is 5. The molecule has 1 saturated heterocycles. The highest BCUT2D eigenvalue weighted by atomic mass is 19.1. The summed E-state index contributed by atoms with van der Waals surface area (Å²) in [7, 11) is 0. The number of carbonyl (C=O) groups excluding carboxylic acids is 1. The first-order chi connectivity index (χ1) is 14.2. The number of halogens is 1. The van der Waals surface area contributed by atoms with Crippen LogP contribution in [0.25, 0.3) is 5.57 Å². The molecule has 1 amide bonds. The topological polar surface area (TPSA) is 74.2 Å². The van der Waals surface area contributed by atoms with E-state index in [0.29, 0.717) is 36.3 Å². The van der Waals surface area contributed by atoms with Gasteiger partial charge in [-0.2, -0.15) is 0 Å². The van der Waals surface area contributed by atoms with E-state index in [0.717, 1.165) is 37.2 Å². The van der Waals surface area contributed by atoms with Gasteiger partial charge in [-0.05, 0) is 37.3 Å². The zero-order valence-electron chi connectivity index (χ0n) is 16.1. The lowest BCUT2D eigenvalue weighted by atomic mass is 10.1. The Hall–Kier alpha value is -2.87. The molecule has 150 valence electrons. The Labute approximate surface area is 168 Å². The molecule has 8 heteroatoms. The summed E-state index contributed by atoms with van der Waals surface area (Å²) in [6.45, 7) is 2.46. The second-order valence-electron chi connectivity index (χ2n) is 7.82. The molecule has 0 radical (unpaired) electrons. The number of amides is 1. The SMILES string of the molecule is O=C1CCCN1c1cncc(Nc2ncc(F)c(C3=CCCN(C4CC4)C3)n2)c1. The summed E-state index contributed by atoms with van der Waals surface area (Å²) in [6.07, 6.45) is 11.4. The van der Waals surface area contributed by atoms with Gasteiger partial charge in [0.1, 0.15) is 5.69 Å². The van der Waals surface area contributed by atoms with Crippen LogP contribution in [-0.4, -0.2) is 51.4 Å². The van der Waals surface area contributed by atoms with Gasteiger partial charge in [0.25, 0.3) is 0 Å². The second-order valence-corrected chi connectivity index (χ2v) is 7.82. The maximum absolute atomic E-state index is 14.5. The standard InChI is InChI=1S/C21H23FN6O/c22-18-12-24-21(26-20(18)14-3-1-7-27(13-14)16-5-6-16)25-15-9-17(11-23-10-15)28-8-2-4-19(28)29/h3,9-12,16H,1-2,4-8,13H2,(H,24,25,26). The normalized spacial score (nSPS) is 20.1. The molecule has 5 rings (SSSR count). The number of anilines is 3. The van der Waals surface area contributed by atoms with Crippen LogP contribution in [0.4, 0.5) is 21.7 Å². The molecule has 1 aliphatic carbocycles. The molecule has 0 unspecified atom stereocenters. The molecular formula is C21H23FN6O. The molecule has 3 aliphatic rings. The summed E-state index contributed by atoms with van der Waals surface area (Å²) < 4.78 is 14.5. The van der Waals surface area contributed by atoms with Gasteiger partial charge in [0.05, 0.1) is 30.0 Å². The minimum absolute atomic E-state index is 0.105. The Balaban J connectivity index is 1.36. The lowest BCUT2D eigenvalue weighted by Gasteiger charge is -2.27. The summed E-state index contributed by atoms with van der Waals surface area (Å²) in [5, 5.41) is 3.11. The number of carbonyl (C=O) groups is 1. The Morgan fingerprint density at radius 2 is 2.07 bits per heavy atom. The van der Waals surface area contributed by atoms with Gasteiger partial charge in [0.2, 0.25) is 11.9 Å². The summed E-state index contributed by atoms with van der Waals surface area (Å²) >= 11 is 0. The number of nitrogens with one attached hydrogen (secondary N) is 1. The highest BCUT2D eigenvalue weighted by molar-refractivity contribution is 5.95. The molecule has 4 heterocycles. The minimum atomic E-state index is -0.408. The average molecular weight is 394 g/mol. The van der Waals surface area contributed by atoms with E-state index < -0.39 is 5.82 Å². The van der Waals surface area contributed by atoms with Crippen LogP contribution in [-0.2, 0) is 4.79 Å². The molecule has 2 aromatic heterocycles. The zero-order chi connectivity index (χ0) is 19.8. The predicted octanol–water partition coefficient (Wildman–Crippen LogP) is 3.13. The minimum Gasteiger partial charge on any atom is -0.323 e. The Morgan fingerprint density at radius 1 is 1.17 bits per heavy atom. The van der Waals surface area contributed by atoms with E-state index >= 15 is 0 Å². The molecule has 7 nitrogen and oxygen atoms in total. The lowest BCUT2D eigenvalue weighted by Crippen LogP contribution is -2.31. The summed E-state index contributed by atoms with van der Waals surface area (Å²) in [5.41, 5.74) is 2.68. The molecule has 0 atom stereocenters. The fraction of sp³-hybridized carbons (Fsp3) is 0.429. The van der Waals surface area contributed by atoms with Gasteiger partial charge in [-0.1, -0.05) is 6.08 Å². The third-order valence-corrected chi connectivity index (χ3v) is 5.66. The Bertz CT molecular complexity index is 973. The monoisotopic (exact) mass is 394 g/mol. The van der Waals surface area contributed by atoms with Gasteiger partial charge >= 0.3 is 0 Å². The van der Waals surface area contributed by atoms with Crippen LogP contribution < -0.4 is 10.2 Å². The van der Waals surface area contributed by atoms with E-state index in [1.807, 2.05) is 6.07 Å². The first-order valence-electron chi connectivity index (χ1n) is 10.2. The first kappa shape index (κ1) is 18.2. The van der Waals surface area contributed by atoms with Crippen LogP contribution in [0, 0.1) is 5.82 Å². The molecule has 1 N–H and O–H groups in total. The summed E-state index contributed by atoms with van der Waals surface area (Å²) in [6, 6.07) is 2.49. The van der Waals surface area contributed by atoms with E-state index in [-0.39, 0.29) is 5.91 Å². The van der Waals surface area contributed by atoms with Gasteiger partial charge in [0.15, 0.2) is 5.82 Å². The van der Waals surface area contributed by atoms with Crippen molar-refractivity contribution in [2.45, 2.75) is 38.1 Å². The van der Waals surface area contributed by atoms with E-state index in [1.165, 1.54) is 19.0 Å². The molecule has 2 aromatic rings. The molecule has 0 spiro atoms. The number of hydrogen-bond donors (Lipinski definition) is 1. The van der Waals surface area contributed by atoms with Crippen molar-refractivity contribution >= 4 is 28.8 Å². The van der Waals surface area contributed by atoms with E-state index in [1.54, 1.807) is 17.3 Å². The third kappa shape index (κ3) is 3.85. The van der Waals surface area contributed by atoms with Crippen LogP contribution in [0.5, 0.6) is 0 Å². The third-order valence-electron chi connectivity index (χ3n) is 5.66. The second kappa shape index (κ2) is 7.51. The van der Waals surface area contributed by atoms with Crippen LogP contribution in [0.3, 0.4) is 0 Å². The smallest absolute Gasteiger partial charge is 0.227 e. The number of pyridine rings is 1. The molecule has 2 fully saturated rings.